The Kier molecular flexibility index (Phi) is 3.77. The summed E-state index contributed by atoms with van der Waals surface area (Å²) in [6.07, 6.45) is 2.75. The second-order valence-electron chi connectivity index (χ2n) is 2.59. The van der Waals surface area contributed by atoms with Crippen LogP contribution in [0.3, 0.4) is 0 Å². The summed E-state index contributed by atoms with van der Waals surface area (Å²) < 4.78 is 0. The van der Waals surface area contributed by atoms with Gasteiger partial charge in [-0.1, -0.05) is 26.8 Å². The van der Waals surface area contributed by atoms with Gasteiger partial charge in [0.1, 0.15) is 0 Å². The summed E-state index contributed by atoms with van der Waals surface area (Å²) in [5.74, 6) is -0.0469. The van der Waals surface area contributed by atoms with Gasteiger partial charge in [-0.25, -0.2) is 0 Å². The normalized spacial score (nSPS) is 12.2. The van der Waals surface area contributed by atoms with Gasteiger partial charge in [0.25, 0.3) is 0 Å². The van der Waals surface area contributed by atoms with Crippen LogP contribution < -0.4 is 5.73 Å². The molecule has 0 unspecified atom stereocenters. The maximum Gasteiger partial charge on any atom is 0.244 e. The second-order valence-corrected chi connectivity index (χ2v) is 2.59. The van der Waals surface area contributed by atoms with E-state index in [0.29, 0.717) is 0 Å². The van der Waals surface area contributed by atoms with Crippen LogP contribution in [0.2, 0.25) is 0 Å². The zero-order valence-corrected chi connectivity index (χ0v) is 6.85. The van der Waals surface area contributed by atoms with Crippen molar-refractivity contribution in [3.8, 4) is 0 Å². The number of allylic oxidation sites excluding steroid dienone is 1. The lowest BCUT2D eigenvalue weighted by molar-refractivity contribution is -0.115. The van der Waals surface area contributed by atoms with E-state index in [2.05, 4.69) is 0 Å². The molecule has 10 heavy (non-hydrogen) atoms. The van der Waals surface area contributed by atoms with E-state index in [1.807, 2.05) is 26.8 Å². The molecule has 0 saturated carbocycles. The summed E-state index contributed by atoms with van der Waals surface area (Å²) in [5, 5.41) is 0. The summed E-state index contributed by atoms with van der Waals surface area (Å²) in [7, 11) is 0. The van der Waals surface area contributed by atoms with Crippen LogP contribution in [-0.4, -0.2) is 5.91 Å². The van der Waals surface area contributed by atoms with Gasteiger partial charge in [0, 0.05) is 5.57 Å². The molecule has 0 heterocycles. The molecular formula is C8H15NO. The van der Waals surface area contributed by atoms with Gasteiger partial charge in [-0.05, 0) is 12.3 Å². The molecule has 0 aromatic rings. The smallest absolute Gasteiger partial charge is 0.244 e. The van der Waals surface area contributed by atoms with Crippen molar-refractivity contribution in [1.29, 1.82) is 0 Å². The number of nitrogens with two attached hydrogens (primary N) is 1. The highest BCUT2D eigenvalue weighted by Gasteiger charge is 2.07. The molecule has 0 aliphatic rings. The van der Waals surface area contributed by atoms with Gasteiger partial charge in [-0.15, -0.1) is 0 Å². The van der Waals surface area contributed by atoms with Crippen LogP contribution in [0.4, 0.5) is 0 Å². The van der Waals surface area contributed by atoms with Crippen molar-refractivity contribution in [3.05, 3.63) is 11.6 Å². The monoisotopic (exact) mass is 141 g/mol. The zero-order valence-electron chi connectivity index (χ0n) is 6.85. The number of hydrogen-bond donors (Lipinski definition) is 1. The lowest BCUT2D eigenvalue weighted by Gasteiger charge is -2.05. The van der Waals surface area contributed by atoms with Crippen LogP contribution in [0.5, 0.6) is 0 Å². The SMILES string of the molecule is CC/C=C(\C(N)=O)C(C)C. The minimum absolute atomic E-state index is 0.248. The van der Waals surface area contributed by atoms with Gasteiger partial charge in [0.15, 0.2) is 0 Å². The average Bonchev–Trinajstić information content (AvgIpc) is 1.81. The number of carbonyl (C=O) groups is 1. The van der Waals surface area contributed by atoms with Crippen molar-refractivity contribution in [3.63, 3.8) is 0 Å². The molecule has 2 N–H and O–H groups in total. The lowest BCUT2D eigenvalue weighted by atomic mass is 10.0. The largest absolute Gasteiger partial charge is 0.366 e. The molecule has 0 rings (SSSR count). The molecule has 2 nitrogen and oxygen atoms in total. The van der Waals surface area contributed by atoms with Gasteiger partial charge in [-0.2, -0.15) is 0 Å². The van der Waals surface area contributed by atoms with Gasteiger partial charge < -0.3 is 5.73 Å². The Labute approximate surface area is 62.1 Å². The van der Waals surface area contributed by atoms with Crippen molar-refractivity contribution in [2.45, 2.75) is 27.2 Å². The number of hydrogen-bond acceptors (Lipinski definition) is 1. The summed E-state index contributed by atoms with van der Waals surface area (Å²) in [6, 6.07) is 0. The molecular weight excluding hydrogens is 126 g/mol. The van der Waals surface area contributed by atoms with E-state index in [-0.39, 0.29) is 11.8 Å². The van der Waals surface area contributed by atoms with Crippen molar-refractivity contribution in [2.24, 2.45) is 11.7 Å². The van der Waals surface area contributed by atoms with E-state index in [1.54, 1.807) is 0 Å². The third-order valence-corrected chi connectivity index (χ3v) is 1.33. The first-order valence-corrected chi connectivity index (χ1v) is 3.59. The van der Waals surface area contributed by atoms with E-state index >= 15 is 0 Å². The third-order valence-electron chi connectivity index (χ3n) is 1.33. The van der Waals surface area contributed by atoms with Crippen molar-refractivity contribution in [1.82, 2.24) is 0 Å². The molecule has 0 radical (unpaired) electrons. The van der Waals surface area contributed by atoms with E-state index in [1.165, 1.54) is 0 Å². The molecule has 0 bridgehead atoms. The Hall–Kier alpha value is -0.790. The molecule has 1 amide bonds. The predicted molar refractivity (Wildman–Crippen MR) is 42.4 cm³/mol. The van der Waals surface area contributed by atoms with Crippen molar-refractivity contribution < 1.29 is 4.79 Å². The molecule has 0 atom stereocenters. The van der Waals surface area contributed by atoms with Crippen LogP contribution in [0.1, 0.15) is 27.2 Å². The third kappa shape index (κ3) is 2.67. The highest BCUT2D eigenvalue weighted by molar-refractivity contribution is 5.92. The lowest BCUT2D eigenvalue weighted by Crippen LogP contribution is -2.17. The topological polar surface area (TPSA) is 43.1 Å². The number of primary amides is 1. The Morgan fingerprint density at radius 3 is 2.20 bits per heavy atom. The van der Waals surface area contributed by atoms with Crippen LogP contribution in [-0.2, 0) is 4.79 Å². The van der Waals surface area contributed by atoms with Crippen LogP contribution in [0, 0.1) is 5.92 Å². The molecule has 2 heteroatoms. The second kappa shape index (κ2) is 4.09. The summed E-state index contributed by atoms with van der Waals surface area (Å²) in [4.78, 5) is 10.7. The van der Waals surface area contributed by atoms with Gasteiger partial charge in [-0.3, -0.25) is 4.79 Å². The molecule has 0 spiro atoms. The maximum absolute atomic E-state index is 10.7. The van der Waals surface area contributed by atoms with Crippen LogP contribution in [0.25, 0.3) is 0 Å². The minimum Gasteiger partial charge on any atom is -0.366 e. The van der Waals surface area contributed by atoms with E-state index in [0.717, 1.165) is 12.0 Å². The number of amides is 1. The Balaban J connectivity index is 4.27. The highest BCUT2D eigenvalue weighted by Crippen LogP contribution is 2.08. The quantitative estimate of drug-likeness (QED) is 0.594. The molecule has 0 aliphatic heterocycles. The van der Waals surface area contributed by atoms with Gasteiger partial charge in [0.05, 0.1) is 0 Å². The van der Waals surface area contributed by atoms with Gasteiger partial charge in [0.2, 0.25) is 5.91 Å². The molecule has 0 saturated heterocycles. The summed E-state index contributed by atoms with van der Waals surface area (Å²) in [5.41, 5.74) is 5.85. The average molecular weight is 141 g/mol. The maximum atomic E-state index is 10.7. The number of rotatable bonds is 3. The molecule has 0 fully saturated rings. The van der Waals surface area contributed by atoms with E-state index < -0.39 is 0 Å². The Morgan fingerprint density at radius 1 is 1.60 bits per heavy atom. The Bertz CT molecular complexity index is 147. The first kappa shape index (κ1) is 9.21. The molecule has 58 valence electrons. The van der Waals surface area contributed by atoms with Gasteiger partial charge >= 0.3 is 0 Å². The summed E-state index contributed by atoms with van der Waals surface area (Å²) >= 11 is 0. The molecule has 0 aromatic carbocycles. The first-order chi connectivity index (χ1) is 4.59. The van der Waals surface area contributed by atoms with Crippen molar-refractivity contribution >= 4 is 5.91 Å². The highest BCUT2D eigenvalue weighted by atomic mass is 16.1. The zero-order chi connectivity index (χ0) is 8.15. The van der Waals surface area contributed by atoms with Crippen LogP contribution in [0.15, 0.2) is 11.6 Å². The van der Waals surface area contributed by atoms with E-state index in [4.69, 9.17) is 5.73 Å². The fourth-order valence-corrected chi connectivity index (χ4v) is 0.841. The van der Waals surface area contributed by atoms with Crippen molar-refractivity contribution in [2.75, 3.05) is 0 Å². The van der Waals surface area contributed by atoms with Crippen LogP contribution >= 0.6 is 0 Å². The standard InChI is InChI=1S/C8H15NO/c1-4-5-7(6(2)3)8(9)10/h5-6H,4H2,1-3H3,(H2,9,10)/b7-5-. The minimum atomic E-state index is -0.295. The fraction of sp³-hybridized carbons (Fsp3) is 0.625. The fourth-order valence-electron chi connectivity index (χ4n) is 0.841. The van der Waals surface area contributed by atoms with E-state index in [9.17, 15) is 4.79 Å². The molecule has 0 aromatic heterocycles. The first-order valence-electron chi connectivity index (χ1n) is 3.59. The number of carbonyl (C=O) groups excluding carboxylic acids is 1. The predicted octanol–water partition coefficient (Wildman–Crippen LogP) is 1.46. The Morgan fingerprint density at radius 2 is 2.10 bits per heavy atom. The summed E-state index contributed by atoms with van der Waals surface area (Å²) in [6.45, 7) is 5.92. The molecule has 0 aliphatic carbocycles.